The minimum atomic E-state index is -0.332. The first-order chi connectivity index (χ1) is 10.1. The first kappa shape index (κ1) is 16.2. The Morgan fingerprint density at radius 2 is 1.81 bits per heavy atom. The number of halogens is 2. The normalized spacial score (nSPS) is 12.2. The van der Waals surface area contributed by atoms with E-state index in [2.05, 4.69) is 22.6 Å². The van der Waals surface area contributed by atoms with Gasteiger partial charge in [0, 0.05) is 9.61 Å². The van der Waals surface area contributed by atoms with Crippen molar-refractivity contribution in [3.05, 3.63) is 63.0 Å². The summed E-state index contributed by atoms with van der Waals surface area (Å²) < 4.78 is 20.7. The molecule has 0 spiro atoms. The quantitative estimate of drug-likeness (QED) is 0.736. The number of hydrogen-bond acceptors (Lipinski definition) is 2. The summed E-state index contributed by atoms with van der Waals surface area (Å²) in [4.78, 5) is 0. The monoisotopic (exact) mass is 399 g/mol. The Bertz CT molecular complexity index is 586. The largest absolute Gasteiger partial charge is 0.486 e. The van der Waals surface area contributed by atoms with Crippen molar-refractivity contribution in [1.29, 1.82) is 0 Å². The molecular formula is C17H19FINO. The third kappa shape index (κ3) is 4.97. The lowest BCUT2D eigenvalue weighted by atomic mass is 10.0. The van der Waals surface area contributed by atoms with Crippen molar-refractivity contribution in [2.45, 2.75) is 32.4 Å². The van der Waals surface area contributed by atoms with Gasteiger partial charge in [-0.25, -0.2) is 4.39 Å². The van der Waals surface area contributed by atoms with Gasteiger partial charge in [-0.05, 0) is 70.8 Å². The minimum Gasteiger partial charge on any atom is -0.486 e. The van der Waals surface area contributed by atoms with E-state index in [1.807, 2.05) is 37.3 Å². The molecule has 1 atom stereocenters. The van der Waals surface area contributed by atoms with Gasteiger partial charge < -0.3 is 10.5 Å². The van der Waals surface area contributed by atoms with E-state index < -0.39 is 0 Å². The summed E-state index contributed by atoms with van der Waals surface area (Å²) in [5, 5.41) is 0. The van der Waals surface area contributed by atoms with Crippen LogP contribution in [0.15, 0.2) is 42.5 Å². The Morgan fingerprint density at radius 3 is 2.43 bits per heavy atom. The van der Waals surface area contributed by atoms with Crippen LogP contribution in [0.1, 0.15) is 24.5 Å². The number of hydrogen-bond donors (Lipinski definition) is 1. The van der Waals surface area contributed by atoms with E-state index in [-0.39, 0.29) is 17.6 Å². The van der Waals surface area contributed by atoms with Crippen LogP contribution in [0.4, 0.5) is 4.39 Å². The highest BCUT2D eigenvalue weighted by atomic mass is 127. The summed E-state index contributed by atoms with van der Waals surface area (Å²) in [6.07, 6.45) is 1.57. The van der Waals surface area contributed by atoms with Crippen LogP contribution in [0.2, 0.25) is 0 Å². The number of benzene rings is 2. The van der Waals surface area contributed by atoms with E-state index in [9.17, 15) is 4.39 Å². The zero-order valence-corrected chi connectivity index (χ0v) is 14.1. The molecule has 0 heterocycles. The molecule has 2 rings (SSSR count). The summed E-state index contributed by atoms with van der Waals surface area (Å²) in [6.45, 7) is 2.39. The lowest BCUT2D eigenvalue weighted by molar-refractivity contribution is 0.290. The fourth-order valence-corrected chi connectivity index (χ4v) is 2.34. The average molecular weight is 399 g/mol. The van der Waals surface area contributed by atoms with Crippen LogP contribution in [0, 0.1) is 9.39 Å². The second-order valence-corrected chi connectivity index (χ2v) is 6.30. The van der Waals surface area contributed by atoms with Crippen molar-refractivity contribution in [1.82, 2.24) is 0 Å². The highest BCUT2D eigenvalue weighted by Gasteiger charge is 2.07. The van der Waals surface area contributed by atoms with Gasteiger partial charge in [-0.15, -0.1) is 0 Å². The summed E-state index contributed by atoms with van der Waals surface area (Å²) in [5.41, 5.74) is 7.81. The third-order valence-corrected chi connectivity index (χ3v) is 4.05. The van der Waals surface area contributed by atoms with E-state index in [1.165, 1.54) is 9.64 Å². The van der Waals surface area contributed by atoms with E-state index in [1.54, 1.807) is 6.07 Å². The lowest BCUT2D eigenvalue weighted by Crippen LogP contribution is -2.21. The van der Waals surface area contributed by atoms with Gasteiger partial charge in [0.15, 0.2) is 11.6 Å². The zero-order chi connectivity index (χ0) is 15.2. The predicted octanol–water partition coefficient (Wildman–Crippen LogP) is 4.29. The van der Waals surface area contributed by atoms with Crippen LogP contribution in [0.25, 0.3) is 0 Å². The molecule has 0 bridgehead atoms. The Labute approximate surface area is 138 Å². The molecule has 0 amide bonds. The predicted molar refractivity (Wildman–Crippen MR) is 91.9 cm³/mol. The van der Waals surface area contributed by atoms with E-state index in [0.717, 1.165) is 17.5 Å². The molecule has 0 aliphatic carbocycles. The summed E-state index contributed by atoms with van der Waals surface area (Å²) in [5.74, 6) is -0.0521. The molecule has 0 aromatic heterocycles. The molecule has 0 aliphatic heterocycles. The van der Waals surface area contributed by atoms with E-state index >= 15 is 0 Å². The molecule has 2 N–H and O–H groups in total. The third-order valence-electron chi connectivity index (χ3n) is 3.33. The SMILES string of the molecule is CCC(N)Cc1ccc(OCc2ccc(I)cc2)c(F)c1. The Kier molecular flexibility index (Phi) is 5.99. The van der Waals surface area contributed by atoms with Gasteiger partial charge in [0.2, 0.25) is 0 Å². The number of ether oxygens (including phenoxy) is 1. The van der Waals surface area contributed by atoms with Crippen molar-refractivity contribution in [3.8, 4) is 5.75 Å². The van der Waals surface area contributed by atoms with Crippen LogP contribution in [0.3, 0.4) is 0 Å². The molecule has 2 aromatic carbocycles. The molecule has 4 heteroatoms. The van der Waals surface area contributed by atoms with Crippen LogP contribution in [0.5, 0.6) is 5.75 Å². The zero-order valence-electron chi connectivity index (χ0n) is 12.0. The highest BCUT2D eigenvalue weighted by molar-refractivity contribution is 14.1. The molecule has 0 radical (unpaired) electrons. The van der Waals surface area contributed by atoms with Crippen molar-refractivity contribution in [2.75, 3.05) is 0 Å². The second kappa shape index (κ2) is 7.75. The van der Waals surface area contributed by atoms with Crippen molar-refractivity contribution in [2.24, 2.45) is 5.73 Å². The number of nitrogens with two attached hydrogens (primary N) is 1. The number of rotatable bonds is 6. The average Bonchev–Trinajstić information content (AvgIpc) is 2.48. The fourth-order valence-electron chi connectivity index (χ4n) is 1.98. The standard InChI is InChI=1S/C17H19FINO/c1-2-15(20)9-13-5-8-17(16(18)10-13)21-11-12-3-6-14(19)7-4-12/h3-8,10,15H,2,9,11,20H2,1H3. The molecule has 112 valence electrons. The van der Waals surface area contributed by atoms with Crippen LogP contribution >= 0.6 is 22.6 Å². The summed E-state index contributed by atoms with van der Waals surface area (Å²) in [6, 6.07) is 13.1. The van der Waals surface area contributed by atoms with Gasteiger partial charge in [0.25, 0.3) is 0 Å². The lowest BCUT2D eigenvalue weighted by Gasteiger charge is -2.11. The second-order valence-electron chi connectivity index (χ2n) is 5.05. The smallest absolute Gasteiger partial charge is 0.165 e. The summed E-state index contributed by atoms with van der Waals surface area (Å²) >= 11 is 2.25. The van der Waals surface area contributed by atoms with Crippen molar-refractivity contribution < 1.29 is 9.13 Å². The van der Waals surface area contributed by atoms with E-state index in [0.29, 0.717) is 13.0 Å². The van der Waals surface area contributed by atoms with Gasteiger partial charge >= 0.3 is 0 Å². The topological polar surface area (TPSA) is 35.2 Å². The minimum absolute atomic E-state index is 0.0722. The van der Waals surface area contributed by atoms with Gasteiger partial charge in [0.05, 0.1) is 0 Å². The molecule has 0 saturated carbocycles. The summed E-state index contributed by atoms with van der Waals surface area (Å²) in [7, 11) is 0. The molecule has 0 aliphatic rings. The van der Waals surface area contributed by atoms with Crippen LogP contribution < -0.4 is 10.5 Å². The van der Waals surface area contributed by atoms with Gasteiger partial charge in [-0.2, -0.15) is 0 Å². The first-order valence-corrected chi connectivity index (χ1v) is 8.07. The Balaban J connectivity index is 1.99. The molecule has 2 nitrogen and oxygen atoms in total. The van der Waals surface area contributed by atoms with Gasteiger partial charge in [-0.3, -0.25) is 0 Å². The molecule has 21 heavy (non-hydrogen) atoms. The molecule has 1 unspecified atom stereocenters. The maximum Gasteiger partial charge on any atom is 0.165 e. The fraction of sp³-hybridized carbons (Fsp3) is 0.294. The van der Waals surface area contributed by atoms with Gasteiger partial charge in [0.1, 0.15) is 6.61 Å². The maximum absolute atomic E-state index is 14.0. The van der Waals surface area contributed by atoms with E-state index in [4.69, 9.17) is 10.5 Å². The Hall–Kier alpha value is -1.14. The molecule has 2 aromatic rings. The van der Waals surface area contributed by atoms with Crippen LogP contribution in [-0.2, 0) is 13.0 Å². The molecule has 0 fully saturated rings. The van der Waals surface area contributed by atoms with Crippen LogP contribution in [-0.4, -0.2) is 6.04 Å². The van der Waals surface area contributed by atoms with Crippen molar-refractivity contribution >= 4 is 22.6 Å². The molecule has 0 saturated heterocycles. The van der Waals surface area contributed by atoms with Crippen molar-refractivity contribution in [3.63, 3.8) is 0 Å². The maximum atomic E-state index is 14.0. The first-order valence-electron chi connectivity index (χ1n) is 6.99. The molecular weight excluding hydrogens is 380 g/mol. The van der Waals surface area contributed by atoms with Gasteiger partial charge in [-0.1, -0.05) is 25.1 Å². The highest BCUT2D eigenvalue weighted by Crippen LogP contribution is 2.21. The Morgan fingerprint density at radius 1 is 1.14 bits per heavy atom.